The number of likely N-dealkylation sites (N-methyl/N-ethyl adjacent to an activating group) is 1. The van der Waals surface area contributed by atoms with Gasteiger partial charge in [0.25, 0.3) is 5.91 Å². The summed E-state index contributed by atoms with van der Waals surface area (Å²) in [4.78, 5) is 26.5. The van der Waals surface area contributed by atoms with E-state index in [1.807, 2.05) is 20.8 Å². The summed E-state index contributed by atoms with van der Waals surface area (Å²) in [5.74, 6) is 0.900. The molecule has 0 aromatic carbocycles. The minimum atomic E-state index is -0.303. The zero-order chi connectivity index (χ0) is 19.8. The molecule has 7 heteroatoms. The first-order valence-electron chi connectivity index (χ1n) is 9.96. The molecule has 0 unspecified atom stereocenters. The molecule has 3 rings (SSSR count). The van der Waals surface area contributed by atoms with Crippen molar-refractivity contribution in [1.29, 1.82) is 0 Å². The zero-order valence-corrected chi connectivity index (χ0v) is 17.2. The molecular weight excluding hydrogens is 342 g/mol. The van der Waals surface area contributed by atoms with Crippen LogP contribution in [0.2, 0.25) is 0 Å². The Morgan fingerprint density at radius 2 is 1.89 bits per heavy atom. The molecule has 0 spiro atoms. The molecule has 2 aliphatic rings. The Kier molecular flexibility index (Phi) is 5.72. The molecule has 1 aliphatic carbocycles. The molecular formula is C20H33N5O2. The van der Waals surface area contributed by atoms with Gasteiger partial charge >= 0.3 is 0 Å². The number of nitrogens with one attached hydrogen (secondary N) is 1. The fourth-order valence-electron chi connectivity index (χ4n) is 4.07. The van der Waals surface area contributed by atoms with Crippen molar-refractivity contribution in [3.05, 3.63) is 17.1 Å². The van der Waals surface area contributed by atoms with E-state index in [-0.39, 0.29) is 23.4 Å². The molecule has 2 fully saturated rings. The standard InChI is InChI=1S/C20H33N5O2/c1-13-14(2)21-17(19(27)23-20(3)9-6-16(26)7-10-20)22-18(13)25-11-8-15(12-25)24(4)5/h15-16,26H,6-12H2,1-5H3,(H,23,27)/t15-,16?,20?/m1/s1. The van der Waals surface area contributed by atoms with Crippen molar-refractivity contribution in [3.8, 4) is 0 Å². The molecule has 0 radical (unpaired) electrons. The van der Waals surface area contributed by atoms with Gasteiger partial charge < -0.3 is 20.2 Å². The third kappa shape index (κ3) is 4.41. The Morgan fingerprint density at radius 3 is 2.48 bits per heavy atom. The molecule has 1 aromatic heterocycles. The number of aromatic nitrogens is 2. The van der Waals surface area contributed by atoms with Gasteiger partial charge in [0, 0.05) is 35.9 Å². The van der Waals surface area contributed by atoms with E-state index in [2.05, 4.69) is 39.2 Å². The molecule has 1 saturated carbocycles. The Labute approximate surface area is 162 Å². The fourth-order valence-corrected chi connectivity index (χ4v) is 4.07. The maximum Gasteiger partial charge on any atom is 0.289 e. The first kappa shape index (κ1) is 20.0. The highest BCUT2D eigenvalue weighted by Crippen LogP contribution is 2.29. The van der Waals surface area contributed by atoms with Gasteiger partial charge in [0.1, 0.15) is 5.82 Å². The van der Waals surface area contributed by atoms with Crippen LogP contribution in [0, 0.1) is 13.8 Å². The van der Waals surface area contributed by atoms with Gasteiger partial charge in [-0.1, -0.05) is 0 Å². The second kappa shape index (κ2) is 7.72. The molecule has 1 aliphatic heterocycles. The minimum Gasteiger partial charge on any atom is -0.393 e. The van der Waals surface area contributed by atoms with Crippen LogP contribution in [0.3, 0.4) is 0 Å². The van der Waals surface area contributed by atoms with Crippen LogP contribution in [-0.4, -0.2) is 70.8 Å². The van der Waals surface area contributed by atoms with Crippen LogP contribution in [0.15, 0.2) is 0 Å². The van der Waals surface area contributed by atoms with Crippen LogP contribution in [0.4, 0.5) is 5.82 Å². The monoisotopic (exact) mass is 375 g/mol. The highest BCUT2D eigenvalue weighted by atomic mass is 16.3. The van der Waals surface area contributed by atoms with Crippen LogP contribution in [0.25, 0.3) is 0 Å². The van der Waals surface area contributed by atoms with E-state index in [0.29, 0.717) is 6.04 Å². The number of carbonyl (C=O) groups is 1. The molecule has 27 heavy (non-hydrogen) atoms. The number of amides is 1. The number of anilines is 1. The summed E-state index contributed by atoms with van der Waals surface area (Å²) >= 11 is 0. The van der Waals surface area contributed by atoms with Crippen LogP contribution in [-0.2, 0) is 0 Å². The Balaban J connectivity index is 1.78. The third-order valence-corrected chi connectivity index (χ3v) is 6.23. The zero-order valence-electron chi connectivity index (χ0n) is 17.2. The smallest absolute Gasteiger partial charge is 0.289 e. The third-order valence-electron chi connectivity index (χ3n) is 6.23. The van der Waals surface area contributed by atoms with Gasteiger partial charge in [-0.05, 0) is 67.0 Å². The molecule has 1 amide bonds. The number of rotatable bonds is 4. The fraction of sp³-hybridized carbons (Fsp3) is 0.750. The molecule has 1 atom stereocenters. The van der Waals surface area contributed by atoms with Gasteiger partial charge in [-0.3, -0.25) is 4.79 Å². The van der Waals surface area contributed by atoms with Gasteiger partial charge in [0.2, 0.25) is 5.82 Å². The number of nitrogens with zero attached hydrogens (tertiary/aromatic N) is 4. The average molecular weight is 376 g/mol. The quantitative estimate of drug-likeness (QED) is 0.833. The van der Waals surface area contributed by atoms with Gasteiger partial charge in [0.15, 0.2) is 0 Å². The van der Waals surface area contributed by atoms with Crippen molar-refractivity contribution in [3.63, 3.8) is 0 Å². The van der Waals surface area contributed by atoms with E-state index < -0.39 is 0 Å². The summed E-state index contributed by atoms with van der Waals surface area (Å²) in [7, 11) is 4.21. The van der Waals surface area contributed by atoms with E-state index in [1.54, 1.807) is 0 Å². The van der Waals surface area contributed by atoms with E-state index >= 15 is 0 Å². The van der Waals surface area contributed by atoms with Gasteiger partial charge in [-0.2, -0.15) is 0 Å². The van der Waals surface area contributed by atoms with Crippen LogP contribution in [0.5, 0.6) is 0 Å². The van der Waals surface area contributed by atoms with Crippen LogP contribution in [0.1, 0.15) is 60.9 Å². The number of aliphatic hydroxyl groups excluding tert-OH is 1. The normalized spacial score (nSPS) is 28.6. The molecule has 1 aromatic rings. The van der Waals surface area contributed by atoms with Gasteiger partial charge in [-0.25, -0.2) is 9.97 Å². The van der Waals surface area contributed by atoms with E-state index in [4.69, 9.17) is 0 Å². The van der Waals surface area contributed by atoms with Crippen molar-refractivity contribution in [1.82, 2.24) is 20.2 Å². The number of aryl methyl sites for hydroxylation is 1. The lowest BCUT2D eigenvalue weighted by molar-refractivity contribution is 0.0718. The minimum absolute atomic E-state index is 0.221. The Bertz CT molecular complexity index is 698. The topological polar surface area (TPSA) is 81.6 Å². The Morgan fingerprint density at radius 1 is 1.22 bits per heavy atom. The lowest BCUT2D eigenvalue weighted by atomic mass is 9.82. The SMILES string of the molecule is Cc1nc(C(=O)NC2(C)CCC(O)CC2)nc(N2CC[C@@H](N(C)C)C2)c1C. The molecule has 1 saturated heterocycles. The number of hydrogen-bond donors (Lipinski definition) is 2. The maximum atomic E-state index is 12.9. The van der Waals surface area contributed by atoms with E-state index in [9.17, 15) is 9.90 Å². The number of aliphatic hydroxyl groups is 1. The van der Waals surface area contributed by atoms with Crippen molar-refractivity contribution in [2.45, 2.75) is 70.6 Å². The van der Waals surface area contributed by atoms with Crippen LogP contribution < -0.4 is 10.2 Å². The predicted molar refractivity (Wildman–Crippen MR) is 106 cm³/mol. The molecule has 150 valence electrons. The summed E-state index contributed by atoms with van der Waals surface area (Å²) in [5.41, 5.74) is 1.59. The highest BCUT2D eigenvalue weighted by Gasteiger charge is 2.33. The largest absolute Gasteiger partial charge is 0.393 e. The van der Waals surface area contributed by atoms with Crippen LogP contribution >= 0.6 is 0 Å². The summed E-state index contributed by atoms with van der Waals surface area (Å²) in [6.45, 7) is 7.87. The Hall–Kier alpha value is -1.73. The first-order chi connectivity index (χ1) is 12.7. The second-order valence-electron chi connectivity index (χ2n) is 8.68. The summed E-state index contributed by atoms with van der Waals surface area (Å²) in [6.07, 6.45) is 3.82. The number of carbonyl (C=O) groups excluding carboxylic acids is 1. The molecule has 0 bridgehead atoms. The first-order valence-corrected chi connectivity index (χ1v) is 9.96. The second-order valence-corrected chi connectivity index (χ2v) is 8.68. The molecule has 2 heterocycles. The van der Waals surface area contributed by atoms with E-state index in [0.717, 1.165) is 62.3 Å². The summed E-state index contributed by atoms with van der Waals surface area (Å²) < 4.78 is 0. The summed E-state index contributed by atoms with van der Waals surface area (Å²) in [5, 5.41) is 12.9. The van der Waals surface area contributed by atoms with Gasteiger partial charge in [0.05, 0.1) is 6.10 Å². The van der Waals surface area contributed by atoms with Crippen molar-refractivity contribution >= 4 is 11.7 Å². The lowest BCUT2D eigenvalue weighted by Crippen LogP contribution is -2.49. The lowest BCUT2D eigenvalue weighted by Gasteiger charge is -2.36. The van der Waals surface area contributed by atoms with E-state index in [1.165, 1.54) is 0 Å². The van der Waals surface area contributed by atoms with Crippen molar-refractivity contribution in [2.24, 2.45) is 0 Å². The average Bonchev–Trinajstić information content (AvgIpc) is 3.10. The van der Waals surface area contributed by atoms with Gasteiger partial charge in [-0.15, -0.1) is 0 Å². The molecule has 2 N–H and O–H groups in total. The number of hydrogen-bond acceptors (Lipinski definition) is 6. The highest BCUT2D eigenvalue weighted by molar-refractivity contribution is 5.91. The predicted octanol–water partition coefficient (Wildman–Crippen LogP) is 1.66. The summed E-state index contributed by atoms with van der Waals surface area (Å²) in [6, 6.07) is 0.504. The molecule has 7 nitrogen and oxygen atoms in total. The van der Waals surface area contributed by atoms with Crippen molar-refractivity contribution < 1.29 is 9.90 Å². The van der Waals surface area contributed by atoms with Crippen molar-refractivity contribution in [2.75, 3.05) is 32.1 Å². The maximum absolute atomic E-state index is 12.9.